The van der Waals surface area contributed by atoms with Crippen molar-refractivity contribution in [2.45, 2.75) is 12.7 Å². The topological polar surface area (TPSA) is 70.5 Å². The predicted molar refractivity (Wildman–Crippen MR) is 105 cm³/mol. The van der Waals surface area contributed by atoms with E-state index >= 15 is 0 Å². The molecular weight excluding hydrogens is 358 g/mol. The first kappa shape index (κ1) is 17.2. The molecule has 3 aromatic heterocycles. The number of thioether (sulfide) groups is 1. The van der Waals surface area contributed by atoms with E-state index in [-0.39, 0.29) is 0 Å². The maximum atomic E-state index is 8.99. The second-order valence-electron chi connectivity index (χ2n) is 6.06. The molecule has 0 aliphatic heterocycles. The predicted octanol–water partition coefficient (Wildman–Crippen LogP) is 3.66. The minimum Gasteiger partial charge on any atom is -0.496 e. The number of hydrogen-bond acceptors (Lipinski definition) is 4. The molecule has 1 N–H and O–H groups in total. The van der Waals surface area contributed by atoms with Gasteiger partial charge in [0.2, 0.25) is 0 Å². The van der Waals surface area contributed by atoms with Crippen LogP contribution in [0.15, 0.2) is 55.0 Å². The summed E-state index contributed by atoms with van der Waals surface area (Å²) in [6.45, 7) is 2.00. The zero-order valence-electron chi connectivity index (χ0n) is 15.0. The van der Waals surface area contributed by atoms with E-state index in [2.05, 4.69) is 21.0 Å². The van der Waals surface area contributed by atoms with E-state index in [9.17, 15) is 0 Å². The third kappa shape index (κ3) is 3.15. The van der Waals surface area contributed by atoms with Crippen LogP contribution in [0, 0.1) is 17.6 Å². The average Bonchev–Trinajstić information content (AvgIpc) is 3.35. The molecule has 0 bridgehead atoms. The summed E-state index contributed by atoms with van der Waals surface area (Å²) in [5.74, 6) is 2.06. The molecule has 0 saturated heterocycles. The number of ether oxygens (including phenoxy) is 1. The van der Waals surface area contributed by atoms with E-state index < -0.39 is 0 Å². The van der Waals surface area contributed by atoms with Crippen LogP contribution in [0.4, 0.5) is 0 Å². The Morgan fingerprint density at radius 3 is 2.85 bits per heavy atom. The van der Waals surface area contributed by atoms with Crippen LogP contribution < -0.4 is 9.30 Å². The van der Waals surface area contributed by atoms with Crippen molar-refractivity contribution in [1.29, 1.82) is 5.26 Å². The number of pyridine rings is 1. The zero-order chi connectivity index (χ0) is 18.8. The Balaban J connectivity index is 1.82. The Morgan fingerprint density at radius 2 is 2.11 bits per heavy atom. The Hall–Kier alpha value is -3.24. The number of aromatic nitrogens is 4. The lowest BCUT2D eigenvalue weighted by atomic mass is 10.2. The first-order valence-electron chi connectivity index (χ1n) is 8.44. The number of H-pyrrole nitrogens is 1. The molecule has 0 amide bonds. The van der Waals surface area contributed by atoms with Gasteiger partial charge in [0.25, 0.3) is 0 Å². The molecule has 0 aliphatic rings. The Kier molecular flexibility index (Phi) is 4.57. The molecule has 4 rings (SSSR count). The van der Waals surface area contributed by atoms with Crippen LogP contribution in [0.1, 0.15) is 11.3 Å². The fourth-order valence-corrected chi connectivity index (χ4v) is 3.70. The van der Waals surface area contributed by atoms with Gasteiger partial charge in [-0.1, -0.05) is 4.98 Å². The van der Waals surface area contributed by atoms with Crippen molar-refractivity contribution in [1.82, 2.24) is 14.5 Å². The summed E-state index contributed by atoms with van der Waals surface area (Å²) in [7, 11) is 1.65. The van der Waals surface area contributed by atoms with E-state index in [4.69, 9.17) is 15.0 Å². The largest absolute Gasteiger partial charge is 0.496 e. The standard InChI is InChI=1S/C20H18N5OS/c1-14-18(12-27-13-21)25(10-7-19(14)26-2)20-22-16-6-5-15(11-17(16)23-20)24-8-3-4-9-24/h3-11H,12H2,1-2H3,(H,22,23)/q+1. The van der Waals surface area contributed by atoms with Gasteiger partial charge in [0.1, 0.15) is 22.4 Å². The van der Waals surface area contributed by atoms with Crippen molar-refractivity contribution in [3.8, 4) is 22.8 Å². The number of methoxy groups -OCH3 is 1. The summed E-state index contributed by atoms with van der Waals surface area (Å²) in [4.78, 5) is 8.14. The third-order valence-corrected chi connectivity index (χ3v) is 5.09. The van der Waals surface area contributed by atoms with Gasteiger partial charge in [-0.05, 0) is 43.0 Å². The summed E-state index contributed by atoms with van der Waals surface area (Å²) >= 11 is 1.20. The molecule has 0 radical (unpaired) electrons. The molecule has 6 nitrogen and oxygen atoms in total. The van der Waals surface area contributed by atoms with Gasteiger partial charge in [0.15, 0.2) is 5.52 Å². The van der Waals surface area contributed by atoms with Crippen LogP contribution >= 0.6 is 11.8 Å². The summed E-state index contributed by atoms with van der Waals surface area (Å²) < 4.78 is 9.47. The number of aromatic amines is 1. The quantitative estimate of drug-likeness (QED) is 0.426. The molecule has 134 valence electrons. The molecular formula is C20H18N5OS+. The number of nitriles is 1. The molecule has 3 heterocycles. The second kappa shape index (κ2) is 7.17. The summed E-state index contributed by atoms with van der Waals surface area (Å²) in [6, 6.07) is 12.0. The third-order valence-electron chi connectivity index (χ3n) is 4.55. The molecule has 0 spiro atoms. The van der Waals surface area contributed by atoms with Crippen molar-refractivity contribution in [2.24, 2.45) is 0 Å². The minimum atomic E-state index is 0.547. The highest BCUT2D eigenvalue weighted by Crippen LogP contribution is 2.23. The number of thiocyanates is 1. The van der Waals surface area contributed by atoms with Crippen molar-refractivity contribution in [2.75, 3.05) is 7.11 Å². The zero-order valence-corrected chi connectivity index (χ0v) is 15.8. The van der Waals surface area contributed by atoms with E-state index in [0.717, 1.165) is 33.7 Å². The molecule has 0 saturated carbocycles. The molecule has 1 aromatic carbocycles. The van der Waals surface area contributed by atoms with E-state index in [1.807, 2.05) is 60.4 Å². The number of imidazole rings is 1. The monoisotopic (exact) mass is 376 g/mol. The van der Waals surface area contributed by atoms with Crippen molar-refractivity contribution in [3.63, 3.8) is 0 Å². The van der Waals surface area contributed by atoms with E-state index in [1.165, 1.54) is 11.8 Å². The highest BCUT2D eigenvalue weighted by atomic mass is 32.2. The Bertz CT molecular complexity index is 1140. The second-order valence-corrected chi connectivity index (χ2v) is 6.82. The molecule has 27 heavy (non-hydrogen) atoms. The Labute approximate surface area is 161 Å². The maximum Gasteiger partial charge on any atom is 0.402 e. The molecule has 7 heteroatoms. The van der Waals surface area contributed by atoms with Crippen molar-refractivity contribution in [3.05, 3.63) is 66.2 Å². The number of nitrogens with zero attached hydrogens (tertiary/aromatic N) is 4. The number of rotatable bonds is 5. The molecule has 0 fully saturated rings. The van der Waals surface area contributed by atoms with Gasteiger partial charge in [-0.2, -0.15) is 5.26 Å². The van der Waals surface area contributed by atoms with Gasteiger partial charge >= 0.3 is 5.95 Å². The van der Waals surface area contributed by atoms with Crippen LogP contribution in [-0.2, 0) is 5.75 Å². The van der Waals surface area contributed by atoms with E-state index in [0.29, 0.717) is 11.7 Å². The molecule has 0 aliphatic carbocycles. The molecule has 0 unspecified atom stereocenters. The van der Waals surface area contributed by atoms with Gasteiger partial charge in [-0.15, -0.1) is 0 Å². The van der Waals surface area contributed by atoms with Crippen LogP contribution in [0.2, 0.25) is 0 Å². The van der Waals surface area contributed by atoms with Crippen LogP contribution in [0.3, 0.4) is 0 Å². The van der Waals surface area contributed by atoms with Gasteiger partial charge < -0.3 is 9.30 Å². The summed E-state index contributed by atoms with van der Waals surface area (Å²) in [5.41, 5.74) is 4.89. The highest BCUT2D eigenvalue weighted by Gasteiger charge is 2.21. The average molecular weight is 376 g/mol. The minimum absolute atomic E-state index is 0.547. The Morgan fingerprint density at radius 1 is 1.30 bits per heavy atom. The lowest BCUT2D eigenvalue weighted by Crippen LogP contribution is -2.37. The molecule has 0 atom stereocenters. The normalized spacial score (nSPS) is 10.9. The molecule has 4 aromatic rings. The van der Waals surface area contributed by atoms with Crippen molar-refractivity contribution < 1.29 is 9.30 Å². The number of benzene rings is 1. The lowest BCUT2D eigenvalue weighted by Gasteiger charge is -2.11. The smallest absolute Gasteiger partial charge is 0.402 e. The first-order valence-corrected chi connectivity index (χ1v) is 9.42. The van der Waals surface area contributed by atoms with Gasteiger partial charge in [-0.25, -0.2) is 9.55 Å². The van der Waals surface area contributed by atoms with E-state index in [1.54, 1.807) is 7.11 Å². The van der Waals surface area contributed by atoms with Gasteiger partial charge in [0.05, 0.1) is 19.1 Å². The first-order chi connectivity index (χ1) is 13.2. The maximum absolute atomic E-state index is 8.99. The number of nitrogens with one attached hydrogen (secondary N) is 1. The lowest BCUT2D eigenvalue weighted by molar-refractivity contribution is -0.610. The summed E-state index contributed by atoms with van der Waals surface area (Å²) in [5, 5.41) is 11.1. The van der Waals surface area contributed by atoms with Crippen LogP contribution in [-0.4, -0.2) is 21.6 Å². The van der Waals surface area contributed by atoms with Crippen LogP contribution in [0.25, 0.3) is 22.7 Å². The fourth-order valence-electron chi connectivity index (χ4n) is 3.14. The number of hydrogen-bond donors (Lipinski definition) is 1. The number of fused-ring (bicyclic) bond motifs is 1. The van der Waals surface area contributed by atoms with Gasteiger partial charge in [-0.3, -0.25) is 0 Å². The van der Waals surface area contributed by atoms with Crippen molar-refractivity contribution >= 4 is 22.8 Å². The van der Waals surface area contributed by atoms with Gasteiger partial charge in [0, 0.05) is 35.8 Å². The highest BCUT2D eigenvalue weighted by molar-refractivity contribution is 8.02. The fraction of sp³-hybridized carbons (Fsp3) is 0.150. The SMILES string of the molecule is COc1cc[n+](-c2nc3ccc(-n4cccc4)cc3[nH]2)c(CSC#N)c1C. The summed E-state index contributed by atoms with van der Waals surface area (Å²) in [6.07, 6.45) is 5.94. The van der Waals surface area contributed by atoms with Crippen LogP contribution in [0.5, 0.6) is 5.75 Å².